The molecule has 1 saturated heterocycles. The summed E-state index contributed by atoms with van der Waals surface area (Å²) in [6, 6.07) is 3.28. The average Bonchev–Trinajstić information content (AvgIpc) is 2.70. The van der Waals surface area contributed by atoms with Crippen molar-refractivity contribution in [3.05, 3.63) is 35.1 Å². The van der Waals surface area contributed by atoms with Gasteiger partial charge in [-0.15, -0.1) is 0 Å². The van der Waals surface area contributed by atoms with Crippen molar-refractivity contribution >= 4 is 24.1 Å². The van der Waals surface area contributed by atoms with Gasteiger partial charge in [-0.1, -0.05) is 0 Å². The number of nitrogens with one attached hydrogen (secondary N) is 1. The first kappa shape index (κ1) is 21.5. The summed E-state index contributed by atoms with van der Waals surface area (Å²) in [7, 11) is 2.01. The Hall–Kier alpha value is -2.81. The maximum atomic E-state index is 13.6. The first-order chi connectivity index (χ1) is 13.4. The van der Waals surface area contributed by atoms with Gasteiger partial charge in [0.05, 0.1) is 5.56 Å². The summed E-state index contributed by atoms with van der Waals surface area (Å²) in [5.74, 6) is -2.41. The number of amides is 2. The SMILES string of the molecule is CN1CCN(C(=O)CCCCC(=O)ONC(=O)c2cc(C=O)ccc2F)CC1. The van der Waals surface area contributed by atoms with E-state index in [9.17, 15) is 23.6 Å². The maximum Gasteiger partial charge on any atom is 0.332 e. The van der Waals surface area contributed by atoms with Gasteiger partial charge in [0.1, 0.15) is 12.1 Å². The molecule has 1 aromatic rings. The lowest BCUT2D eigenvalue weighted by Gasteiger charge is -2.32. The van der Waals surface area contributed by atoms with Crippen molar-refractivity contribution in [2.45, 2.75) is 25.7 Å². The third kappa shape index (κ3) is 6.41. The highest BCUT2D eigenvalue weighted by atomic mass is 19.1. The molecular formula is C19H24FN3O5. The molecule has 0 aromatic heterocycles. The monoisotopic (exact) mass is 393 g/mol. The molecule has 0 atom stereocenters. The van der Waals surface area contributed by atoms with E-state index in [4.69, 9.17) is 0 Å². The molecule has 1 N–H and O–H groups in total. The van der Waals surface area contributed by atoms with Gasteiger partial charge in [0, 0.05) is 44.6 Å². The number of hydrogen-bond acceptors (Lipinski definition) is 6. The zero-order valence-corrected chi connectivity index (χ0v) is 15.8. The zero-order chi connectivity index (χ0) is 20.5. The summed E-state index contributed by atoms with van der Waals surface area (Å²) in [6.45, 7) is 3.14. The van der Waals surface area contributed by atoms with Gasteiger partial charge < -0.3 is 14.6 Å². The fourth-order valence-electron chi connectivity index (χ4n) is 2.76. The Morgan fingerprint density at radius 3 is 2.50 bits per heavy atom. The summed E-state index contributed by atoms with van der Waals surface area (Å²) in [4.78, 5) is 54.9. The van der Waals surface area contributed by atoms with Crippen LogP contribution in [-0.2, 0) is 14.4 Å². The smallest absolute Gasteiger partial charge is 0.332 e. The van der Waals surface area contributed by atoms with E-state index in [0.29, 0.717) is 38.6 Å². The molecule has 152 valence electrons. The first-order valence-electron chi connectivity index (χ1n) is 9.11. The van der Waals surface area contributed by atoms with Crippen molar-refractivity contribution in [1.82, 2.24) is 15.3 Å². The van der Waals surface area contributed by atoms with Gasteiger partial charge >= 0.3 is 5.97 Å². The minimum absolute atomic E-state index is 0.0210. The van der Waals surface area contributed by atoms with Crippen LogP contribution in [0.15, 0.2) is 18.2 Å². The van der Waals surface area contributed by atoms with Crippen LogP contribution in [0.2, 0.25) is 0 Å². The van der Waals surface area contributed by atoms with E-state index in [2.05, 4.69) is 9.74 Å². The van der Waals surface area contributed by atoms with Gasteiger partial charge in [0.25, 0.3) is 5.91 Å². The van der Waals surface area contributed by atoms with Crippen LogP contribution in [0.25, 0.3) is 0 Å². The molecule has 28 heavy (non-hydrogen) atoms. The lowest BCUT2D eigenvalue weighted by molar-refractivity contribution is -0.149. The quantitative estimate of drug-likeness (QED) is 0.424. The number of nitrogens with zero attached hydrogens (tertiary/aromatic N) is 2. The van der Waals surface area contributed by atoms with E-state index in [0.717, 1.165) is 25.2 Å². The molecule has 0 aliphatic carbocycles. The summed E-state index contributed by atoms with van der Waals surface area (Å²) in [5, 5.41) is 0. The van der Waals surface area contributed by atoms with Crippen LogP contribution in [0, 0.1) is 5.82 Å². The zero-order valence-electron chi connectivity index (χ0n) is 15.8. The molecule has 8 nitrogen and oxygen atoms in total. The van der Waals surface area contributed by atoms with Crippen LogP contribution >= 0.6 is 0 Å². The van der Waals surface area contributed by atoms with Crippen molar-refractivity contribution in [1.29, 1.82) is 0 Å². The molecule has 1 heterocycles. The van der Waals surface area contributed by atoms with E-state index in [1.807, 2.05) is 17.4 Å². The van der Waals surface area contributed by atoms with Crippen LogP contribution in [0.1, 0.15) is 46.4 Å². The number of benzene rings is 1. The summed E-state index contributed by atoms with van der Waals surface area (Å²) in [6.07, 6.45) is 1.82. The Balaban J connectivity index is 1.65. The van der Waals surface area contributed by atoms with E-state index in [1.54, 1.807) is 0 Å². The van der Waals surface area contributed by atoms with Crippen molar-refractivity contribution in [3.63, 3.8) is 0 Å². The highest BCUT2D eigenvalue weighted by Gasteiger charge is 2.19. The largest absolute Gasteiger partial charge is 0.341 e. The molecular weight excluding hydrogens is 369 g/mol. The van der Waals surface area contributed by atoms with Crippen LogP contribution in [0.4, 0.5) is 4.39 Å². The Bertz CT molecular complexity index is 732. The number of hydrogen-bond donors (Lipinski definition) is 1. The number of aldehydes is 1. The molecule has 2 amide bonds. The fraction of sp³-hybridized carbons (Fsp3) is 0.474. The van der Waals surface area contributed by atoms with Gasteiger partial charge in [0.2, 0.25) is 5.91 Å². The summed E-state index contributed by atoms with van der Waals surface area (Å²) in [5.41, 5.74) is 1.61. The van der Waals surface area contributed by atoms with Crippen LogP contribution < -0.4 is 5.48 Å². The number of hydroxylamine groups is 1. The molecule has 2 rings (SSSR count). The van der Waals surface area contributed by atoms with Crippen LogP contribution in [0.5, 0.6) is 0 Å². The highest BCUT2D eigenvalue weighted by molar-refractivity contribution is 5.96. The predicted molar refractivity (Wildman–Crippen MR) is 97.9 cm³/mol. The summed E-state index contributed by atoms with van der Waals surface area (Å²) >= 11 is 0. The lowest BCUT2D eigenvalue weighted by atomic mass is 10.1. The second-order valence-electron chi connectivity index (χ2n) is 6.65. The standard InChI is InChI=1S/C19H24FN3O5/c1-22-8-10-23(11-9-22)17(25)4-2-3-5-18(26)28-21-19(27)15-12-14(13-24)6-7-16(15)20/h6-7,12-13H,2-5,8-11H2,1H3,(H,21,27). The van der Waals surface area contributed by atoms with Crippen molar-refractivity contribution in [2.75, 3.05) is 33.2 Å². The fourth-order valence-corrected chi connectivity index (χ4v) is 2.76. The predicted octanol–water partition coefficient (Wildman–Crippen LogP) is 1.16. The first-order valence-corrected chi connectivity index (χ1v) is 9.11. The lowest BCUT2D eigenvalue weighted by Crippen LogP contribution is -2.47. The van der Waals surface area contributed by atoms with Crippen molar-refractivity contribution < 1.29 is 28.4 Å². The number of unbranched alkanes of at least 4 members (excludes halogenated alkanes) is 1. The van der Waals surface area contributed by atoms with Gasteiger partial charge in [-0.25, -0.2) is 9.18 Å². The summed E-state index contributed by atoms with van der Waals surface area (Å²) < 4.78 is 13.6. The molecule has 1 fully saturated rings. The van der Waals surface area contributed by atoms with Crippen molar-refractivity contribution in [2.24, 2.45) is 0 Å². The van der Waals surface area contributed by atoms with E-state index >= 15 is 0 Å². The van der Waals surface area contributed by atoms with E-state index in [1.165, 1.54) is 6.07 Å². The Morgan fingerprint density at radius 2 is 1.82 bits per heavy atom. The molecule has 0 radical (unpaired) electrons. The Morgan fingerprint density at radius 1 is 1.14 bits per heavy atom. The topological polar surface area (TPSA) is 96.0 Å². The number of carbonyl (C=O) groups excluding carboxylic acids is 4. The number of piperazine rings is 1. The molecule has 1 aromatic carbocycles. The van der Waals surface area contributed by atoms with Gasteiger partial charge in [0.15, 0.2) is 0 Å². The molecule has 0 spiro atoms. The number of rotatable bonds is 7. The molecule has 0 unspecified atom stereocenters. The molecule has 1 aliphatic rings. The normalized spacial score (nSPS) is 14.4. The molecule has 0 saturated carbocycles. The second-order valence-corrected chi connectivity index (χ2v) is 6.65. The third-order valence-electron chi connectivity index (χ3n) is 4.51. The molecule has 1 aliphatic heterocycles. The van der Waals surface area contributed by atoms with Crippen LogP contribution in [0.3, 0.4) is 0 Å². The van der Waals surface area contributed by atoms with E-state index < -0.39 is 23.3 Å². The highest BCUT2D eigenvalue weighted by Crippen LogP contribution is 2.10. The minimum atomic E-state index is -0.959. The van der Waals surface area contributed by atoms with Crippen LogP contribution in [-0.4, -0.2) is 67.1 Å². The molecule has 0 bridgehead atoms. The van der Waals surface area contributed by atoms with Gasteiger partial charge in [-0.3, -0.25) is 14.4 Å². The number of carbonyl (C=O) groups is 4. The van der Waals surface area contributed by atoms with Gasteiger partial charge in [-0.2, -0.15) is 5.48 Å². The van der Waals surface area contributed by atoms with Crippen molar-refractivity contribution in [3.8, 4) is 0 Å². The maximum absolute atomic E-state index is 13.6. The number of halogens is 1. The average molecular weight is 393 g/mol. The van der Waals surface area contributed by atoms with E-state index in [-0.39, 0.29) is 17.9 Å². The number of likely N-dealkylation sites (N-methyl/N-ethyl adjacent to an activating group) is 1. The Labute approximate surface area is 162 Å². The second kappa shape index (κ2) is 10.5. The minimum Gasteiger partial charge on any atom is -0.341 e. The molecule has 9 heteroatoms. The Kier molecular flexibility index (Phi) is 8.06. The third-order valence-corrected chi connectivity index (χ3v) is 4.51. The van der Waals surface area contributed by atoms with Gasteiger partial charge in [-0.05, 0) is 38.1 Å².